The topological polar surface area (TPSA) is 38.1 Å². The van der Waals surface area contributed by atoms with Gasteiger partial charge < -0.3 is 4.90 Å². The Balaban J connectivity index is 2.39. The van der Waals surface area contributed by atoms with Crippen LogP contribution in [0.5, 0.6) is 0 Å². The lowest BCUT2D eigenvalue weighted by atomic mass is 10.1. The van der Waals surface area contributed by atoms with Gasteiger partial charge in [0.1, 0.15) is 5.69 Å². The van der Waals surface area contributed by atoms with Crippen LogP contribution in [0.1, 0.15) is 16.1 Å². The molecule has 2 rings (SSSR count). The average Bonchev–Trinajstić information content (AvgIpc) is 2.80. The Labute approximate surface area is 135 Å². The van der Waals surface area contributed by atoms with Crippen LogP contribution in [0.15, 0.2) is 28.9 Å². The molecule has 0 aliphatic carbocycles. The molecule has 0 radical (unpaired) electrons. The highest BCUT2D eigenvalue weighted by atomic mass is 79.9. The van der Waals surface area contributed by atoms with Gasteiger partial charge in [-0.25, -0.2) is 4.39 Å². The van der Waals surface area contributed by atoms with Gasteiger partial charge in [-0.2, -0.15) is 5.10 Å². The van der Waals surface area contributed by atoms with Crippen LogP contribution in [-0.4, -0.2) is 41.1 Å². The van der Waals surface area contributed by atoms with Crippen LogP contribution < -0.4 is 0 Å². The minimum Gasteiger partial charge on any atom is -0.308 e. The highest BCUT2D eigenvalue weighted by molar-refractivity contribution is 9.10. The number of likely N-dealkylation sites (N-methyl/N-ethyl adjacent to an activating group) is 1. The van der Waals surface area contributed by atoms with Crippen molar-refractivity contribution in [2.45, 2.75) is 6.54 Å². The standard InChI is InChI=1S/C14H14BrClFN3O/c1-19(2)6-7-20-13(10(15)8-18-20)14(21)9-4-3-5-11(16)12(9)17/h3-5,8H,6-7H2,1-2H3. The molecule has 0 amide bonds. The molecule has 0 spiro atoms. The molecule has 112 valence electrons. The van der Waals surface area contributed by atoms with Gasteiger partial charge in [0.05, 0.1) is 27.8 Å². The summed E-state index contributed by atoms with van der Waals surface area (Å²) in [6, 6.07) is 4.37. The summed E-state index contributed by atoms with van der Waals surface area (Å²) in [5.41, 5.74) is 0.257. The lowest BCUT2D eigenvalue weighted by Crippen LogP contribution is -2.22. The van der Waals surface area contributed by atoms with Gasteiger partial charge in [0.2, 0.25) is 5.78 Å². The zero-order valence-corrected chi connectivity index (χ0v) is 13.9. The molecule has 1 aromatic heterocycles. The predicted molar refractivity (Wildman–Crippen MR) is 83.3 cm³/mol. The lowest BCUT2D eigenvalue weighted by molar-refractivity contribution is 0.102. The summed E-state index contributed by atoms with van der Waals surface area (Å²) in [4.78, 5) is 14.5. The van der Waals surface area contributed by atoms with Crippen molar-refractivity contribution in [3.05, 3.63) is 51.0 Å². The van der Waals surface area contributed by atoms with Gasteiger partial charge in [-0.15, -0.1) is 0 Å². The van der Waals surface area contributed by atoms with Crippen molar-refractivity contribution in [1.29, 1.82) is 0 Å². The molecule has 0 fully saturated rings. The molecular weight excluding hydrogens is 361 g/mol. The molecule has 0 N–H and O–H groups in total. The monoisotopic (exact) mass is 373 g/mol. The van der Waals surface area contributed by atoms with E-state index in [0.717, 1.165) is 0 Å². The lowest BCUT2D eigenvalue weighted by Gasteiger charge is -2.12. The van der Waals surface area contributed by atoms with Crippen LogP contribution in [0.3, 0.4) is 0 Å². The van der Waals surface area contributed by atoms with E-state index >= 15 is 0 Å². The number of rotatable bonds is 5. The number of hydrogen-bond acceptors (Lipinski definition) is 3. The van der Waals surface area contributed by atoms with Crippen molar-refractivity contribution in [1.82, 2.24) is 14.7 Å². The number of carbonyl (C=O) groups is 1. The third kappa shape index (κ3) is 3.51. The van der Waals surface area contributed by atoms with E-state index in [4.69, 9.17) is 11.6 Å². The number of carbonyl (C=O) groups excluding carboxylic acids is 1. The zero-order chi connectivity index (χ0) is 15.6. The van der Waals surface area contributed by atoms with Crippen molar-refractivity contribution in [2.75, 3.05) is 20.6 Å². The van der Waals surface area contributed by atoms with Crippen molar-refractivity contribution in [3.63, 3.8) is 0 Å². The quantitative estimate of drug-likeness (QED) is 0.754. The van der Waals surface area contributed by atoms with Crippen molar-refractivity contribution < 1.29 is 9.18 Å². The Morgan fingerprint density at radius 2 is 2.19 bits per heavy atom. The minimum absolute atomic E-state index is 0.0604. The highest BCUT2D eigenvalue weighted by Crippen LogP contribution is 2.24. The van der Waals surface area contributed by atoms with Crippen molar-refractivity contribution >= 4 is 33.3 Å². The van der Waals surface area contributed by atoms with Crippen LogP contribution in [0.4, 0.5) is 4.39 Å². The number of aromatic nitrogens is 2. The van der Waals surface area contributed by atoms with Crippen LogP contribution in [0.25, 0.3) is 0 Å². The molecule has 1 heterocycles. The first-order valence-corrected chi connectivity index (χ1v) is 7.43. The van der Waals surface area contributed by atoms with Gasteiger partial charge in [-0.05, 0) is 42.2 Å². The maximum absolute atomic E-state index is 14.0. The zero-order valence-electron chi connectivity index (χ0n) is 11.6. The molecule has 0 saturated heterocycles. The van der Waals surface area contributed by atoms with Crippen LogP contribution in [0.2, 0.25) is 5.02 Å². The van der Waals surface area contributed by atoms with Gasteiger partial charge in [0, 0.05) is 6.54 Å². The summed E-state index contributed by atoms with van der Waals surface area (Å²) >= 11 is 9.03. The number of benzene rings is 1. The molecule has 2 aromatic rings. The van der Waals surface area contributed by atoms with E-state index in [0.29, 0.717) is 23.3 Å². The fourth-order valence-electron chi connectivity index (χ4n) is 1.86. The van der Waals surface area contributed by atoms with Gasteiger partial charge in [0.15, 0.2) is 5.82 Å². The molecule has 1 aromatic carbocycles. The summed E-state index contributed by atoms with van der Waals surface area (Å²) in [5.74, 6) is -1.16. The number of nitrogens with zero attached hydrogens (tertiary/aromatic N) is 3. The predicted octanol–water partition coefficient (Wildman–Crippen LogP) is 3.23. The first-order valence-electron chi connectivity index (χ1n) is 6.26. The number of halogens is 3. The van der Waals surface area contributed by atoms with Gasteiger partial charge in [-0.1, -0.05) is 17.7 Å². The van der Waals surface area contributed by atoms with E-state index in [1.807, 2.05) is 19.0 Å². The molecule has 0 unspecified atom stereocenters. The van der Waals surface area contributed by atoms with E-state index in [1.165, 1.54) is 18.3 Å². The molecule has 0 bridgehead atoms. The first kappa shape index (κ1) is 16.1. The first-order chi connectivity index (χ1) is 9.91. The summed E-state index contributed by atoms with van der Waals surface area (Å²) in [7, 11) is 3.85. The number of ketones is 1. The van der Waals surface area contributed by atoms with Gasteiger partial charge in [-0.3, -0.25) is 9.48 Å². The van der Waals surface area contributed by atoms with Crippen LogP contribution >= 0.6 is 27.5 Å². The largest absolute Gasteiger partial charge is 0.308 e. The van der Waals surface area contributed by atoms with Crippen LogP contribution in [-0.2, 0) is 6.54 Å². The summed E-state index contributed by atoms with van der Waals surface area (Å²) in [6.07, 6.45) is 1.53. The smallest absolute Gasteiger partial charge is 0.215 e. The Morgan fingerprint density at radius 1 is 1.48 bits per heavy atom. The second kappa shape index (κ2) is 6.68. The fraction of sp³-hybridized carbons (Fsp3) is 0.286. The molecule has 0 saturated carbocycles. The third-order valence-electron chi connectivity index (χ3n) is 2.97. The second-order valence-corrected chi connectivity index (χ2v) is 6.06. The Morgan fingerprint density at radius 3 is 2.86 bits per heavy atom. The SMILES string of the molecule is CN(C)CCn1ncc(Br)c1C(=O)c1cccc(Cl)c1F. The maximum Gasteiger partial charge on any atom is 0.215 e. The van der Waals surface area contributed by atoms with E-state index in [2.05, 4.69) is 21.0 Å². The maximum atomic E-state index is 14.0. The average molecular weight is 375 g/mol. The van der Waals surface area contributed by atoms with E-state index in [-0.39, 0.29) is 10.6 Å². The Kier molecular flexibility index (Phi) is 5.13. The molecular formula is C14H14BrClFN3O. The number of hydrogen-bond donors (Lipinski definition) is 0. The van der Waals surface area contributed by atoms with E-state index in [9.17, 15) is 9.18 Å². The van der Waals surface area contributed by atoms with Crippen LogP contribution in [0, 0.1) is 5.82 Å². The molecule has 7 heteroatoms. The Bertz CT molecular complexity index is 672. The molecule has 21 heavy (non-hydrogen) atoms. The molecule has 4 nitrogen and oxygen atoms in total. The summed E-state index contributed by atoms with van der Waals surface area (Å²) in [6.45, 7) is 1.24. The third-order valence-corrected chi connectivity index (χ3v) is 3.84. The summed E-state index contributed by atoms with van der Waals surface area (Å²) < 4.78 is 16.1. The van der Waals surface area contributed by atoms with Crippen molar-refractivity contribution in [3.8, 4) is 0 Å². The summed E-state index contributed by atoms with van der Waals surface area (Å²) in [5, 5.41) is 4.08. The Hall–Kier alpha value is -1.24. The highest BCUT2D eigenvalue weighted by Gasteiger charge is 2.22. The normalized spacial score (nSPS) is 11.1. The van der Waals surface area contributed by atoms with Gasteiger partial charge in [0.25, 0.3) is 0 Å². The fourth-order valence-corrected chi connectivity index (χ4v) is 2.51. The molecule has 0 aliphatic rings. The molecule has 0 atom stereocenters. The van der Waals surface area contributed by atoms with E-state index < -0.39 is 11.6 Å². The minimum atomic E-state index is -0.712. The molecule has 0 aliphatic heterocycles. The van der Waals surface area contributed by atoms with Gasteiger partial charge >= 0.3 is 0 Å². The second-order valence-electron chi connectivity index (χ2n) is 4.80. The van der Waals surface area contributed by atoms with E-state index in [1.54, 1.807) is 10.7 Å². The van der Waals surface area contributed by atoms with Crippen molar-refractivity contribution in [2.24, 2.45) is 0 Å².